The van der Waals surface area contributed by atoms with Crippen LogP contribution in [0.3, 0.4) is 0 Å². The highest BCUT2D eigenvalue weighted by Gasteiger charge is 2.26. The number of benzene rings is 1. The van der Waals surface area contributed by atoms with Gasteiger partial charge in [0.15, 0.2) is 5.65 Å². The number of hydrogen-bond donors (Lipinski definition) is 1. The van der Waals surface area contributed by atoms with Crippen LogP contribution in [-0.2, 0) is 12.8 Å². The van der Waals surface area contributed by atoms with Crippen LogP contribution in [0.15, 0.2) is 18.2 Å². The molecule has 3 aromatic rings. The maximum atomic E-state index is 5.75. The molecule has 2 heterocycles. The Labute approximate surface area is 192 Å². The van der Waals surface area contributed by atoms with E-state index in [1.165, 1.54) is 16.8 Å². The molecule has 0 bridgehead atoms. The van der Waals surface area contributed by atoms with E-state index in [9.17, 15) is 0 Å². The van der Waals surface area contributed by atoms with Gasteiger partial charge in [-0.2, -0.15) is 9.61 Å². The highest BCUT2D eigenvalue weighted by molar-refractivity contribution is 5.86. The maximum Gasteiger partial charge on any atom is 0.165 e. The summed E-state index contributed by atoms with van der Waals surface area (Å²) in [5.74, 6) is 2.45. The number of ether oxygens (including phenoxy) is 1. The first-order valence-corrected chi connectivity index (χ1v) is 11.3. The third-order valence-corrected chi connectivity index (χ3v) is 6.45. The van der Waals surface area contributed by atoms with Gasteiger partial charge in [-0.3, -0.25) is 0 Å². The first kappa shape index (κ1) is 23.4. The van der Waals surface area contributed by atoms with E-state index in [4.69, 9.17) is 14.8 Å². The predicted octanol–water partition coefficient (Wildman–Crippen LogP) is 6.35. The van der Waals surface area contributed by atoms with Gasteiger partial charge < -0.3 is 10.1 Å². The SMILES string of the molecule is CCC(CC)Nc1c2c(nc3c(-c4cc(C(C)C)ccc4OC)c(C)nn13)CCC2.Cl. The summed E-state index contributed by atoms with van der Waals surface area (Å²) in [6, 6.07) is 6.91. The van der Waals surface area contributed by atoms with Gasteiger partial charge in [0, 0.05) is 22.9 Å². The minimum atomic E-state index is 0. The Hall–Kier alpha value is -2.27. The monoisotopic (exact) mass is 442 g/mol. The normalized spacial score (nSPS) is 13.0. The fourth-order valence-corrected chi connectivity index (χ4v) is 4.57. The molecule has 6 heteroatoms. The summed E-state index contributed by atoms with van der Waals surface area (Å²) in [6.07, 6.45) is 5.45. The van der Waals surface area contributed by atoms with Gasteiger partial charge in [-0.1, -0.05) is 33.8 Å². The standard InChI is InChI=1S/C25H34N4O.ClH/c1-7-18(8-2)26-24-19-10-9-11-21(19)27-25-23(16(5)28-29(24)25)20-14-17(15(3)4)12-13-22(20)30-6;/h12-15,18,26H,7-11H2,1-6H3;1H. The molecule has 0 amide bonds. The van der Waals surface area contributed by atoms with Gasteiger partial charge in [-0.05, 0) is 62.6 Å². The molecule has 0 radical (unpaired) electrons. The number of rotatable bonds is 7. The number of hydrogen-bond acceptors (Lipinski definition) is 4. The van der Waals surface area contributed by atoms with Crippen LogP contribution in [0.2, 0.25) is 0 Å². The average Bonchev–Trinajstić information content (AvgIpc) is 3.34. The van der Waals surface area contributed by atoms with Crippen LogP contribution >= 0.6 is 12.4 Å². The summed E-state index contributed by atoms with van der Waals surface area (Å²) < 4.78 is 7.80. The number of aryl methyl sites for hydroxylation is 2. The van der Waals surface area contributed by atoms with E-state index in [0.29, 0.717) is 12.0 Å². The Morgan fingerprint density at radius 2 is 1.90 bits per heavy atom. The molecular formula is C25H35ClN4O. The largest absolute Gasteiger partial charge is 0.496 e. The summed E-state index contributed by atoms with van der Waals surface area (Å²) in [7, 11) is 1.74. The number of nitrogens with one attached hydrogen (secondary N) is 1. The second-order valence-electron chi connectivity index (χ2n) is 8.71. The quantitative estimate of drug-likeness (QED) is 0.463. The van der Waals surface area contributed by atoms with Crippen LogP contribution in [0, 0.1) is 6.92 Å². The van der Waals surface area contributed by atoms with Crippen LogP contribution in [0.1, 0.15) is 75.4 Å². The first-order valence-electron chi connectivity index (χ1n) is 11.3. The van der Waals surface area contributed by atoms with Crippen molar-refractivity contribution in [3.05, 3.63) is 40.7 Å². The van der Waals surface area contributed by atoms with Crippen molar-refractivity contribution in [2.45, 2.75) is 78.7 Å². The summed E-state index contributed by atoms with van der Waals surface area (Å²) in [4.78, 5) is 5.13. The molecule has 31 heavy (non-hydrogen) atoms. The van der Waals surface area contributed by atoms with E-state index in [-0.39, 0.29) is 12.4 Å². The first-order chi connectivity index (χ1) is 14.5. The van der Waals surface area contributed by atoms with Crippen LogP contribution in [-0.4, -0.2) is 27.7 Å². The Kier molecular flexibility index (Phi) is 7.15. The molecule has 0 saturated heterocycles. The molecule has 4 rings (SSSR count). The molecule has 1 aromatic carbocycles. The Bertz CT molecular complexity index is 1070. The molecule has 0 unspecified atom stereocenters. The molecule has 0 spiro atoms. The molecule has 0 aliphatic heterocycles. The average molecular weight is 443 g/mol. The number of nitrogens with zero attached hydrogens (tertiary/aromatic N) is 3. The Morgan fingerprint density at radius 1 is 1.16 bits per heavy atom. The number of aromatic nitrogens is 3. The van der Waals surface area contributed by atoms with Gasteiger partial charge in [-0.15, -0.1) is 12.4 Å². The summed E-state index contributed by atoms with van der Waals surface area (Å²) >= 11 is 0. The van der Waals surface area contributed by atoms with Crippen LogP contribution in [0.25, 0.3) is 16.8 Å². The van der Waals surface area contributed by atoms with Crippen molar-refractivity contribution in [1.29, 1.82) is 0 Å². The molecule has 0 atom stereocenters. The molecule has 1 aliphatic carbocycles. The number of methoxy groups -OCH3 is 1. The zero-order chi connectivity index (χ0) is 21.4. The van der Waals surface area contributed by atoms with Gasteiger partial charge in [0.1, 0.15) is 11.6 Å². The second kappa shape index (κ2) is 9.47. The molecule has 5 nitrogen and oxygen atoms in total. The van der Waals surface area contributed by atoms with Gasteiger partial charge in [0.25, 0.3) is 0 Å². The van der Waals surface area contributed by atoms with Crippen molar-refractivity contribution in [2.75, 3.05) is 12.4 Å². The van der Waals surface area contributed by atoms with Gasteiger partial charge in [-0.25, -0.2) is 4.98 Å². The minimum absolute atomic E-state index is 0. The molecule has 1 N–H and O–H groups in total. The lowest BCUT2D eigenvalue weighted by Gasteiger charge is -2.20. The van der Waals surface area contributed by atoms with Gasteiger partial charge in [0.05, 0.1) is 18.4 Å². The molecule has 1 aliphatic rings. The summed E-state index contributed by atoms with van der Waals surface area (Å²) in [6.45, 7) is 11.0. The highest BCUT2D eigenvalue weighted by Crippen LogP contribution is 2.39. The third kappa shape index (κ3) is 4.12. The Balaban J connectivity index is 0.00000272. The van der Waals surface area contributed by atoms with Crippen LogP contribution < -0.4 is 10.1 Å². The smallest absolute Gasteiger partial charge is 0.165 e. The number of fused-ring (bicyclic) bond motifs is 2. The lowest BCUT2D eigenvalue weighted by atomic mass is 9.96. The number of halogens is 1. The zero-order valence-electron chi connectivity index (χ0n) is 19.6. The molecule has 168 valence electrons. The summed E-state index contributed by atoms with van der Waals surface area (Å²) in [5.41, 5.74) is 7.93. The molecule has 2 aromatic heterocycles. The molecular weight excluding hydrogens is 408 g/mol. The minimum Gasteiger partial charge on any atom is -0.496 e. The van der Waals surface area contributed by atoms with E-state index in [0.717, 1.165) is 66.1 Å². The highest BCUT2D eigenvalue weighted by atomic mass is 35.5. The van der Waals surface area contributed by atoms with Crippen molar-refractivity contribution in [3.8, 4) is 16.9 Å². The topological polar surface area (TPSA) is 51.5 Å². The molecule has 0 fully saturated rings. The van der Waals surface area contributed by atoms with Crippen LogP contribution in [0.4, 0.5) is 5.82 Å². The zero-order valence-corrected chi connectivity index (χ0v) is 20.4. The van der Waals surface area contributed by atoms with E-state index in [1.807, 2.05) is 0 Å². The van der Waals surface area contributed by atoms with Crippen LogP contribution in [0.5, 0.6) is 5.75 Å². The van der Waals surface area contributed by atoms with Crippen molar-refractivity contribution in [3.63, 3.8) is 0 Å². The van der Waals surface area contributed by atoms with E-state index >= 15 is 0 Å². The lowest BCUT2D eigenvalue weighted by Crippen LogP contribution is -2.21. The van der Waals surface area contributed by atoms with Crippen molar-refractivity contribution in [2.24, 2.45) is 0 Å². The second-order valence-corrected chi connectivity index (χ2v) is 8.71. The maximum absolute atomic E-state index is 5.75. The lowest BCUT2D eigenvalue weighted by molar-refractivity contribution is 0.416. The van der Waals surface area contributed by atoms with Gasteiger partial charge >= 0.3 is 0 Å². The van der Waals surface area contributed by atoms with Crippen molar-refractivity contribution in [1.82, 2.24) is 14.6 Å². The summed E-state index contributed by atoms with van der Waals surface area (Å²) in [5, 5.41) is 8.78. The fraction of sp³-hybridized carbons (Fsp3) is 0.520. The molecule has 0 saturated carbocycles. The number of anilines is 1. The third-order valence-electron chi connectivity index (χ3n) is 6.45. The van der Waals surface area contributed by atoms with Crippen molar-refractivity contribution < 1.29 is 4.74 Å². The van der Waals surface area contributed by atoms with Gasteiger partial charge in [0.2, 0.25) is 0 Å². The Morgan fingerprint density at radius 3 is 2.55 bits per heavy atom. The van der Waals surface area contributed by atoms with E-state index < -0.39 is 0 Å². The predicted molar refractivity (Wildman–Crippen MR) is 131 cm³/mol. The van der Waals surface area contributed by atoms with Crippen molar-refractivity contribution >= 4 is 23.9 Å². The fourth-order valence-electron chi connectivity index (χ4n) is 4.57. The van der Waals surface area contributed by atoms with E-state index in [2.05, 4.69) is 62.6 Å². The van der Waals surface area contributed by atoms with E-state index in [1.54, 1.807) is 7.11 Å².